The third-order valence-electron chi connectivity index (χ3n) is 2.97. The van der Waals surface area contributed by atoms with Crippen molar-refractivity contribution in [2.45, 2.75) is 25.4 Å². The molecular weight excluding hydrogens is 290 g/mol. The summed E-state index contributed by atoms with van der Waals surface area (Å²) in [5.41, 5.74) is 2.10. The average molecular weight is 304 g/mol. The molecule has 0 aliphatic heterocycles. The van der Waals surface area contributed by atoms with Gasteiger partial charge in [-0.25, -0.2) is 9.97 Å². The second-order valence-electron chi connectivity index (χ2n) is 4.52. The van der Waals surface area contributed by atoms with Crippen molar-refractivity contribution < 1.29 is 0 Å². The Morgan fingerprint density at radius 2 is 1.94 bits per heavy atom. The Bertz CT molecular complexity index is 535. The Hall–Kier alpha value is -1.26. The van der Waals surface area contributed by atoms with E-state index in [1.54, 1.807) is 0 Å². The molecule has 1 fully saturated rings. The summed E-state index contributed by atoms with van der Waals surface area (Å²) < 4.78 is 1.08. The van der Waals surface area contributed by atoms with Crippen molar-refractivity contribution in [2.75, 3.05) is 0 Å². The fourth-order valence-corrected chi connectivity index (χ4v) is 2.05. The van der Waals surface area contributed by atoms with Gasteiger partial charge in [-0.15, -0.1) is 0 Å². The van der Waals surface area contributed by atoms with Crippen LogP contribution in [0, 0.1) is 0 Å². The minimum absolute atomic E-state index is 0.685. The largest absolute Gasteiger partial charge is 0.307 e. The molecule has 92 valence electrons. The van der Waals surface area contributed by atoms with Crippen molar-refractivity contribution in [1.82, 2.24) is 15.3 Å². The second-order valence-corrected chi connectivity index (χ2v) is 5.44. The third kappa shape index (κ3) is 2.94. The zero-order chi connectivity index (χ0) is 12.4. The number of hydrogen-bond acceptors (Lipinski definition) is 3. The summed E-state index contributed by atoms with van der Waals surface area (Å²) in [7, 11) is 0. The number of nitrogens with one attached hydrogen (secondary N) is 1. The zero-order valence-electron chi connectivity index (χ0n) is 9.94. The quantitative estimate of drug-likeness (QED) is 0.943. The summed E-state index contributed by atoms with van der Waals surface area (Å²) in [6.45, 7) is 0.759. The number of halogens is 1. The minimum atomic E-state index is 0.685. The van der Waals surface area contributed by atoms with Gasteiger partial charge in [-0.3, -0.25) is 0 Å². The van der Waals surface area contributed by atoms with Crippen LogP contribution < -0.4 is 5.32 Å². The molecule has 2 aromatic rings. The summed E-state index contributed by atoms with van der Waals surface area (Å²) in [6.07, 6.45) is 4.40. The molecule has 1 N–H and O–H groups in total. The van der Waals surface area contributed by atoms with Gasteiger partial charge in [-0.1, -0.05) is 28.1 Å². The van der Waals surface area contributed by atoms with Crippen LogP contribution >= 0.6 is 15.9 Å². The van der Waals surface area contributed by atoms with Gasteiger partial charge < -0.3 is 5.32 Å². The Labute approximate surface area is 115 Å². The number of hydrogen-bond donors (Lipinski definition) is 1. The molecule has 1 aromatic carbocycles. The van der Waals surface area contributed by atoms with E-state index in [2.05, 4.69) is 43.3 Å². The van der Waals surface area contributed by atoms with Crippen molar-refractivity contribution in [3.63, 3.8) is 0 Å². The maximum absolute atomic E-state index is 4.58. The Balaban J connectivity index is 1.78. The fourth-order valence-electron chi connectivity index (χ4n) is 1.79. The maximum atomic E-state index is 4.58. The summed E-state index contributed by atoms with van der Waals surface area (Å²) in [6, 6.07) is 10.8. The van der Waals surface area contributed by atoms with Crippen LogP contribution in [0.4, 0.5) is 0 Å². The van der Waals surface area contributed by atoms with Crippen LogP contribution in [0.1, 0.15) is 18.7 Å². The SMILES string of the molecule is Brc1ccc(-c2ccnc(CNC3CC3)n2)cc1. The highest BCUT2D eigenvalue weighted by Crippen LogP contribution is 2.21. The monoisotopic (exact) mass is 303 g/mol. The number of nitrogens with zero attached hydrogens (tertiary/aromatic N) is 2. The van der Waals surface area contributed by atoms with Gasteiger partial charge >= 0.3 is 0 Å². The van der Waals surface area contributed by atoms with Crippen molar-refractivity contribution in [2.24, 2.45) is 0 Å². The fraction of sp³-hybridized carbons (Fsp3) is 0.286. The molecule has 1 saturated carbocycles. The van der Waals surface area contributed by atoms with Gasteiger partial charge in [0.2, 0.25) is 0 Å². The first-order chi connectivity index (χ1) is 8.81. The molecule has 3 rings (SSSR count). The van der Waals surface area contributed by atoms with Gasteiger partial charge in [0.1, 0.15) is 5.82 Å². The molecule has 18 heavy (non-hydrogen) atoms. The topological polar surface area (TPSA) is 37.8 Å². The number of aromatic nitrogens is 2. The summed E-state index contributed by atoms with van der Waals surface area (Å²) in [4.78, 5) is 8.88. The van der Waals surface area contributed by atoms with Crippen molar-refractivity contribution in [3.8, 4) is 11.3 Å². The molecule has 1 heterocycles. The van der Waals surface area contributed by atoms with Gasteiger partial charge in [0.25, 0.3) is 0 Å². The van der Waals surface area contributed by atoms with Gasteiger partial charge in [-0.05, 0) is 31.0 Å². The first kappa shape index (κ1) is 11.8. The smallest absolute Gasteiger partial charge is 0.142 e. The summed E-state index contributed by atoms with van der Waals surface area (Å²) >= 11 is 3.44. The van der Waals surface area contributed by atoms with Crippen molar-refractivity contribution >= 4 is 15.9 Å². The first-order valence-corrected chi connectivity index (χ1v) is 6.92. The van der Waals surface area contributed by atoms with Gasteiger partial charge in [0.05, 0.1) is 12.2 Å². The lowest BCUT2D eigenvalue weighted by atomic mass is 10.1. The highest BCUT2D eigenvalue weighted by molar-refractivity contribution is 9.10. The van der Waals surface area contributed by atoms with E-state index in [1.165, 1.54) is 12.8 Å². The molecule has 0 amide bonds. The normalized spacial score (nSPS) is 14.7. The molecule has 0 atom stereocenters. The number of benzene rings is 1. The molecule has 3 nitrogen and oxygen atoms in total. The lowest BCUT2D eigenvalue weighted by Gasteiger charge is -2.05. The highest BCUT2D eigenvalue weighted by Gasteiger charge is 2.20. The van der Waals surface area contributed by atoms with Crippen LogP contribution in [-0.4, -0.2) is 16.0 Å². The molecule has 0 saturated heterocycles. The molecule has 1 aliphatic carbocycles. The van der Waals surface area contributed by atoms with E-state index in [0.717, 1.165) is 28.1 Å². The van der Waals surface area contributed by atoms with Crippen LogP contribution in [-0.2, 0) is 6.54 Å². The maximum Gasteiger partial charge on any atom is 0.142 e. The van der Waals surface area contributed by atoms with Crippen LogP contribution in [0.15, 0.2) is 41.0 Å². The Kier molecular flexibility index (Phi) is 3.39. The Morgan fingerprint density at radius 3 is 2.67 bits per heavy atom. The molecule has 0 radical (unpaired) electrons. The zero-order valence-corrected chi connectivity index (χ0v) is 11.5. The van der Waals surface area contributed by atoms with Crippen LogP contribution in [0.5, 0.6) is 0 Å². The van der Waals surface area contributed by atoms with Crippen LogP contribution in [0.2, 0.25) is 0 Å². The van der Waals surface area contributed by atoms with Crippen LogP contribution in [0.3, 0.4) is 0 Å². The first-order valence-electron chi connectivity index (χ1n) is 6.12. The van der Waals surface area contributed by atoms with Crippen molar-refractivity contribution in [3.05, 3.63) is 46.8 Å². The molecular formula is C14H14BrN3. The van der Waals surface area contributed by atoms with Gasteiger partial charge in [0.15, 0.2) is 0 Å². The van der Waals surface area contributed by atoms with E-state index in [1.807, 2.05) is 24.4 Å². The molecule has 0 bridgehead atoms. The highest BCUT2D eigenvalue weighted by atomic mass is 79.9. The predicted octanol–water partition coefficient (Wildman–Crippen LogP) is 3.16. The lowest BCUT2D eigenvalue weighted by molar-refractivity contribution is 0.658. The van der Waals surface area contributed by atoms with E-state index >= 15 is 0 Å². The molecule has 1 aliphatic rings. The van der Waals surface area contributed by atoms with Crippen molar-refractivity contribution in [1.29, 1.82) is 0 Å². The van der Waals surface area contributed by atoms with E-state index < -0.39 is 0 Å². The Morgan fingerprint density at radius 1 is 1.17 bits per heavy atom. The second kappa shape index (κ2) is 5.16. The lowest BCUT2D eigenvalue weighted by Crippen LogP contribution is -2.17. The van der Waals surface area contributed by atoms with E-state index in [-0.39, 0.29) is 0 Å². The number of rotatable bonds is 4. The van der Waals surface area contributed by atoms with E-state index in [0.29, 0.717) is 6.04 Å². The molecule has 0 spiro atoms. The third-order valence-corrected chi connectivity index (χ3v) is 3.50. The molecule has 0 unspecified atom stereocenters. The van der Waals surface area contributed by atoms with Gasteiger partial charge in [0, 0.05) is 22.3 Å². The van der Waals surface area contributed by atoms with Crippen LogP contribution in [0.25, 0.3) is 11.3 Å². The van der Waals surface area contributed by atoms with E-state index in [9.17, 15) is 0 Å². The summed E-state index contributed by atoms with van der Waals surface area (Å²) in [5, 5.41) is 3.43. The average Bonchev–Trinajstić information content (AvgIpc) is 3.22. The minimum Gasteiger partial charge on any atom is -0.307 e. The predicted molar refractivity (Wildman–Crippen MR) is 75.0 cm³/mol. The molecule has 4 heteroatoms. The summed E-state index contributed by atoms with van der Waals surface area (Å²) in [5.74, 6) is 0.863. The van der Waals surface area contributed by atoms with Gasteiger partial charge in [-0.2, -0.15) is 0 Å². The van der Waals surface area contributed by atoms with E-state index in [4.69, 9.17) is 0 Å². The standard InChI is InChI=1S/C14H14BrN3/c15-11-3-1-10(2-4-11)13-7-8-16-14(18-13)9-17-12-5-6-12/h1-4,7-8,12,17H,5-6,9H2. The molecule has 1 aromatic heterocycles.